The molecule has 0 aliphatic carbocycles. The zero-order chi connectivity index (χ0) is 18.7. The summed E-state index contributed by atoms with van der Waals surface area (Å²) >= 11 is 5.90. The molecule has 2 N–H and O–H groups in total. The van der Waals surface area contributed by atoms with Gasteiger partial charge in [0, 0.05) is 16.1 Å². The topological polar surface area (TPSA) is 87.2 Å². The number of halogens is 1. The smallest absolute Gasteiger partial charge is 0.276 e. The molecule has 0 amide bonds. The van der Waals surface area contributed by atoms with E-state index in [0.29, 0.717) is 10.6 Å². The van der Waals surface area contributed by atoms with E-state index in [1.165, 1.54) is 6.21 Å². The molecule has 8 heteroatoms. The summed E-state index contributed by atoms with van der Waals surface area (Å²) in [5.74, 6) is 0. The molecule has 0 saturated heterocycles. The monoisotopic (exact) mass is 388 g/mol. The van der Waals surface area contributed by atoms with Gasteiger partial charge < -0.3 is 0 Å². The van der Waals surface area contributed by atoms with Crippen molar-refractivity contribution in [1.29, 1.82) is 0 Å². The molecule has 3 aromatic rings. The zero-order valence-electron chi connectivity index (χ0n) is 14.2. The first-order valence-corrected chi connectivity index (χ1v) is 9.64. The molecular weight excluding hydrogens is 372 g/mol. The van der Waals surface area contributed by atoms with Crippen molar-refractivity contribution in [2.24, 2.45) is 5.10 Å². The fourth-order valence-corrected chi connectivity index (χ4v) is 3.34. The summed E-state index contributed by atoms with van der Waals surface area (Å²) < 4.78 is 24.7. The molecule has 2 aromatic carbocycles. The Hall–Kier alpha value is -2.64. The number of hydrogen-bond donors (Lipinski definition) is 2. The Morgan fingerprint density at radius 1 is 1.12 bits per heavy atom. The summed E-state index contributed by atoms with van der Waals surface area (Å²) in [6.07, 6.45) is 2.98. The van der Waals surface area contributed by atoms with E-state index in [4.69, 9.17) is 11.6 Å². The summed E-state index contributed by atoms with van der Waals surface area (Å²) in [5, 5.41) is 11.4. The van der Waals surface area contributed by atoms with Gasteiger partial charge in [-0.15, -0.1) is 0 Å². The molecule has 0 bridgehead atoms. The van der Waals surface area contributed by atoms with E-state index in [0.717, 1.165) is 22.4 Å². The van der Waals surface area contributed by atoms with E-state index >= 15 is 0 Å². The highest BCUT2D eigenvalue weighted by molar-refractivity contribution is 7.89. The maximum atomic E-state index is 12.4. The van der Waals surface area contributed by atoms with Crippen molar-refractivity contribution in [2.45, 2.75) is 18.7 Å². The van der Waals surface area contributed by atoms with E-state index in [-0.39, 0.29) is 4.90 Å². The third-order valence-electron chi connectivity index (χ3n) is 3.97. The van der Waals surface area contributed by atoms with Gasteiger partial charge in [0.25, 0.3) is 10.0 Å². The van der Waals surface area contributed by atoms with Crippen molar-refractivity contribution in [1.82, 2.24) is 15.0 Å². The molecule has 134 valence electrons. The lowest BCUT2D eigenvalue weighted by molar-refractivity contribution is 0.584. The number of sulfonamides is 1. The van der Waals surface area contributed by atoms with Crippen LogP contribution in [0.15, 0.2) is 58.7 Å². The number of aromatic amines is 1. The first-order valence-electron chi connectivity index (χ1n) is 7.78. The van der Waals surface area contributed by atoms with Crippen LogP contribution >= 0.6 is 11.6 Å². The summed E-state index contributed by atoms with van der Waals surface area (Å²) in [6, 6.07) is 12.1. The molecule has 26 heavy (non-hydrogen) atoms. The number of aromatic nitrogens is 2. The molecule has 0 saturated carbocycles. The van der Waals surface area contributed by atoms with Crippen LogP contribution in [0.3, 0.4) is 0 Å². The highest BCUT2D eigenvalue weighted by Gasteiger charge is 2.13. The van der Waals surface area contributed by atoms with Crippen molar-refractivity contribution >= 4 is 27.8 Å². The van der Waals surface area contributed by atoms with Crippen LogP contribution in [0.2, 0.25) is 5.02 Å². The molecule has 0 fully saturated rings. The highest BCUT2D eigenvalue weighted by atomic mass is 35.5. The van der Waals surface area contributed by atoms with Gasteiger partial charge in [-0.2, -0.15) is 18.6 Å². The predicted octanol–water partition coefficient (Wildman–Crippen LogP) is 3.66. The van der Waals surface area contributed by atoms with E-state index in [2.05, 4.69) is 20.1 Å². The molecule has 0 atom stereocenters. The lowest BCUT2D eigenvalue weighted by atomic mass is 10.1. The minimum atomic E-state index is -3.73. The van der Waals surface area contributed by atoms with Crippen molar-refractivity contribution in [3.63, 3.8) is 0 Å². The number of aryl methyl sites for hydroxylation is 2. The second-order valence-electron chi connectivity index (χ2n) is 5.81. The maximum Gasteiger partial charge on any atom is 0.276 e. The van der Waals surface area contributed by atoms with Crippen LogP contribution in [0.5, 0.6) is 0 Å². The Kier molecular flexibility index (Phi) is 5.11. The number of hydrogen-bond acceptors (Lipinski definition) is 4. The van der Waals surface area contributed by atoms with Crippen molar-refractivity contribution in [2.75, 3.05) is 0 Å². The second-order valence-corrected chi connectivity index (χ2v) is 7.90. The molecule has 1 heterocycles. The third-order valence-corrected chi connectivity index (χ3v) is 5.44. The van der Waals surface area contributed by atoms with Gasteiger partial charge in [-0.25, -0.2) is 4.83 Å². The van der Waals surface area contributed by atoms with Gasteiger partial charge in [-0.3, -0.25) is 5.10 Å². The number of hydrazone groups is 1. The van der Waals surface area contributed by atoms with Crippen LogP contribution in [0.4, 0.5) is 0 Å². The van der Waals surface area contributed by atoms with Gasteiger partial charge in [0.05, 0.1) is 23.0 Å². The van der Waals surface area contributed by atoms with Crippen LogP contribution in [0, 0.1) is 13.8 Å². The number of nitrogens with zero attached hydrogens (tertiary/aromatic N) is 2. The Labute approximate surface area is 157 Å². The quantitative estimate of drug-likeness (QED) is 0.516. The number of rotatable bonds is 5. The van der Waals surface area contributed by atoms with Crippen LogP contribution in [-0.2, 0) is 10.0 Å². The summed E-state index contributed by atoms with van der Waals surface area (Å²) in [4.78, 5) is 2.40. The summed E-state index contributed by atoms with van der Waals surface area (Å²) in [5.41, 5.74) is 4.16. The first-order chi connectivity index (χ1) is 12.4. The van der Waals surface area contributed by atoms with Gasteiger partial charge in [0.2, 0.25) is 0 Å². The average molecular weight is 389 g/mol. The minimum absolute atomic E-state index is 0.169. The largest absolute Gasteiger partial charge is 0.277 e. The number of H-pyrrole nitrogens is 1. The lowest BCUT2D eigenvalue weighted by Crippen LogP contribution is -2.18. The maximum absolute atomic E-state index is 12.4. The Morgan fingerprint density at radius 3 is 2.54 bits per heavy atom. The highest BCUT2D eigenvalue weighted by Crippen LogP contribution is 2.22. The predicted molar refractivity (Wildman–Crippen MR) is 103 cm³/mol. The van der Waals surface area contributed by atoms with E-state index in [1.807, 2.05) is 26.0 Å². The molecule has 0 spiro atoms. The average Bonchev–Trinajstić information content (AvgIpc) is 3.06. The van der Waals surface area contributed by atoms with E-state index in [9.17, 15) is 8.42 Å². The molecular formula is C18H17ClN4O2S. The van der Waals surface area contributed by atoms with Crippen LogP contribution in [0.1, 0.15) is 16.7 Å². The van der Waals surface area contributed by atoms with Gasteiger partial charge in [0.15, 0.2) is 0 Å². The van der Waals surface area contributed by atoms with Gasteiger partial charge in [-0.05, 0) is 49.2 Å². The molecule has 1 aromatic heterocycles. The lowest BCUT2D eigenvalue weighted by Gasteiger charge is -2.06. The standard InChI is InChI=1S/C18H17ClN4O2S/c1-12-3-8-17(9-13(12)2)26(24,25)23-21-11-15-10-20-22-18(15)14-4-6-16(19)7-5-14/h3-11,23H,1-2H3,(H,20,22)/b21-11+. The summed E-state index contributed by atoms with van der Waals surface area (Å²) in [6.45, 7) is 3.79. The molecule has 0 radical (unpaired) electrons. The zero-order valence-corrected chi connectivity index (χ0v) is 15.8. The second kappa shape index (κ2) is 7.31. The van der Waals surface area contributed by atoms with Crippen LogP contribution < -0.4 is 4.83 Å². The number of benzene rings is 2. The SMILES string of the molecule is Cc1ccc(S(=O)(=O)N/N=C/c2cn[nH]c2-c2ccc(Cl)cc2)cc1C. The fraction of sp³-hybridized carbons (Fsp3) is 0.111. The molecule has 3 rings (SSSR count). The van der Waals surface area contributed by atoms with Crippen molar-refractivity contribution < 1.29 is 8.42 Å². The van der Waals surface area contributed by atoms with E-state index in [1.54, 1.807) is 36.5 Å². The van der Waals surface area contributed by atoms with Gasteiger partial charge in [0.1, 0.15) is 0 Å². The van der Waals surface area contributed by atoms with Crippen LogP contribution in [0.25, 0.3) is 11.3 Å². The van der Waals surface area contributed by atoms with Crippen molar-refractivity contribution in [3.8, 4) is 11.3 Å². The summed E-state index contributed by atoms with van der Waals surface area (Å²) in [7, 11) is -3.73. The fourth-order valence-electron chi connectivity index (χ4n) is 2.34. The van der Waals surface area contributed by atoms with Crippen LogP contribution in [-0.4, -0.2) is 24.8 Å². The van der Waals surface area contributed by atoms with Crippen molar-refractivity contribution in [3.05, 3.63) is 70.4 Å². The van der Waals surface area contributed by atoms with Gasteiger partial charge >= 0.3 is 0 Å². The molecule has 0 unspecified atom stereocenters. The normalized spacial score (nSPS) is 11.8. The molecule has 0 aliphatic heterocycles. The third kappa shape index (κ3) is 3.95. The Bertz CT molecular complexity index is 1060. The Morgan fingerprint density at radius 2 is 1.85 bits per heavy atom. The minimum Gasteiger partial charge on any atom is -0.277 e. The molecule has 0 aliphatic rings. The molecule has 6 nitrogen and oxygen atoms in total. The van der Waals surface area contributed by atoms with E-state index < -0.39 is 10.0 Å². The van der Waals surface area contributed by atoms with Gasteiger partial charge in [-0.1, -0.05) is 29.8 Å². The Balaban J connectivity index is 1.80. The first kappa shape index (κ1) is 18.2. The number of nitrogens with one attached hydrogen (secondary N) is 2.